The normalized spacial score (nSPS) is 10.4. The summed E-state index contributed by atoms with van der Waals surface area (Å²) in [5.74, 6) is 0.0932. The first kappa shape index (κ1) is 14.5. The number of aromatic nitrogens is 1. The molecule has 0 unspecified atom stereocenters. The number of nitro benzene ring substituents is 1. The monoisotopic (exact) mass is 309 g/mol. The molecule has 0 aliphatic rings. The molecule has 0 aliphatic heterocycles. The van der Waals surface area contributed by atoms with Gasteiger partial charge in [0.05, 0.1) is 22.4 Å². The van der Waals surface area contributed by atoms with Crippen molar-refractivity contribution in [3.8, 4) is 11.3 Å². The van der Waals surface area contributed by atoms with Crippen molar-refractivity contribution >= 4 is 17.2 Å². The fourth-order valence-corrected chi connectivity index (χ4v) is 2.13. The van der Waals surface area contributed by atoms with Crippen LogP contribution in [0.4, 0.5) is 11.4 Å². The fraction of sp³-hybridized carbons (Fsp3) is 0. The lowest BCUT2D eigenvalue weighted by atomic mass is 10.1. The zero-order valence-electron chi connectivity index (χ0n) is 11.8. The van der Waals surface area contributed by atoms with E-state index in [-0.39, 0.29) is 22.9 Å². The van der Waals surface area contributed by atoms with E-state index >= 15 is 0 Å². The predicted octanol–water partition coefficient (Wildman–Crippen LogP) is 3.06. The SMILES string of the molecule is Nc1cnccc1C(=O)c1ccc(-c2cccc([N+](=O)[O-])c2)o1. The first-order chi connectivity index (χ1) is 11.1. The zero-order valence-corrected chi connectivity index (χ0v) is 11.8. The number of anilines is 1. The van der Waals surface area contributed by atoms with Gasteiger partial charge in [0, 0.05) is 23.9 Å². The summed E-state index contributed by atoms with van der Waals surface area (Å²) in [6, 6.07) is 10.6. The molecule has 0 saturated heterocycles. The number of benzene rings is 1. The number of furan rings is 1. The van der Waals surface area contributed by atoms with Crippen LogP contribution in [-0.2, 0) is 0 Å². The van der Waals surface area contributed by atoms with E-state index in [9.17, 15) is 14.9 Å². The first-order valence-electron chi connectivity index (χ1n) is 6.65. The Balaban J connectivity index is 1.95. The molecule has 7 heteroatoms. The van der Waals surface area contributed by atoms with Gasteiger partial charge in [-0.2, -0.15) is 0 Å². The second kappa shape index (κ2) is 5.72. The summed E-state index contributed by atoms with van der Waals surface area (Å²) >= 11 is 0. The number of pyridine rings is 1. The third-order valence-corrected chi connectivity index (χ3v) is 3.27. The number of hydrogen-bond donors (Lipinski definition) is 1. The fourth-order valence-electron chi connectivity index (χ4n) is 2.13. The molecule has 0 amide bonds. The lowest BCUT2D eigenvalue weighted by molar-refractivity contribution is -0.384. The summed E-state index contributed by atoms with van der Waals surface area (Å²) in [5.41, 5.74) is 6.74. The van der Waals surface area contributed by atoms with Gasteiger partial charge in [0.1, 0.15) is 5.76 Å². The lowest BCUT2D eigenvalue weighted by Gasteiger charge is -2.01. The Hall–Kier alpha value is -3.48. The number of nitro groups is 1. The van der Waals surface area contributed by atoms with Crippen LogP contribution in [0.3, 0.4) is 0 Å². The maximum Gasteiger partial charge on any atom is 0.270 e. The molecule has 0 atom stereocenters. The Kier molecular flexibility index (Phi) is 3.60. The maximum atomic E-state index is 12.4. The molecule has 0 radical (unpaired) electrons. The van der Waals surface area contributed by atoms with Gasteiger partial charge in [-0.25, -0.2) is 0 Å². The highest BCUT2D eigenvalue weighted by atomic mass is 16.6. The Morgan fingerprint density at radius 1 is 1.22 bits per heavy atom. The van der Waals surface area contributed by atoms with Crippen LogP contribution in [0.5, 0.6) is 0 Å². The van der Waals surface area contributed by atoms with Crippen molar-refractivity contribution in [3.63, 3.8) is 0 Å². The number of non-ortho nitro benzene ring substituents is 1. The minimum atomic E-state index is -0.490. The van der Waals surface area contributed by atoms with Crippen molar-refractivity contribution in [2.75, 3.05) is 5.73 Å². The predicted molar refractivity (Wildman–Crippen MR) is 82.9 cm³/mol. The summed E-state index contributed by atoms with van der Waals surface area (Å²) in [7, 11) is 0. The second-order valence-corrected chi connectivity index (χ2v) is 4.76. The topological polar surface area (TPSA) is 112 Å². The van der Waals surface area contributed by atoms with Crippen molar-refractivity contribution in [3.05, 3.63) is 76.3 Å². The Morgan fingerprint density at radius 2 is 2.04 bits per heavy atom. The summed E-state index contributed by atoms with van der Waals surface area (Å²) in [6.45, 7) is 0. The molecule has 0 saturated carbocycles. The number of hydrogen-bond acceptors (Lipinski definition) is 6. The van der Waals surface area contributed by atoms with E-state index in [1.807, 2.05) is 0 Å². The molecule has 2 heterocycles. The number of nitrogen functional groups attached to an aromatic ring is 1. The second-order valence-electron chi connectivity index (χ2n) is 4.76. The maximum absolute atomic E-state index is 12.4. The molecule has 7 nitrogen and oxygen atoms in total. The van der Waals surface area contributed by atoms with Crippen LogP contribution in [0, 0.1) is 10.1 Å². The molecule has 1 aromatic carbocycles. The van der Waals surface area contributed by atoms with Gasteiger partial charge in [-0.3, -0.25) is 19.9 Å². The molecule has 2 aromatic heterocycles. The molecule has 0 bridgehead atoms. The molecule has 3 rings (SSSR count). The van der Waals surface area contributed by atoms with E-state index in [0.29, 0.717) is 16.9 Å². The van der Waals surface area contributed by atoms with Gasteiger partial charge in [0.25, 0.3) is 5.69 Å². The van der Waals surface area contributed by atoms with E-state index < -0.39 is 4.92 Å². The quantitative estimate of drug-likeness (QED) is 0.450. The first-order valence-corrected chi connectivity index (χ1v) is 6.65. The van der Waals surface area contributed by atoms with E-state index in [2.05, 4.69) is 4.98 Å². The molecule has 3 aromatic rings. The smallest absolute Gasteiger partial charge is 0.270 e. The molecule has 114 valence electrons. The van der Waals surface area contributed by atoms with Crippen molar-refractivity contribution in [1.29, 1.82) is 0 Å². The number of carbonyl (C=O) groups excluding carboxylic acids is 1. The van der Waals surface area contributed by atoms with Gasteiger partial charge < -0.3 is 10.2 Å². The van der Waals surface area contributed by atoms with Gasteiger partial charge >= 0.3 is 0 Å². The number of ketones is 1. The summed E-state index contributed by atoms with van der Waals surface area (Å²) in [6.07, 6.45) is 2.85. The highest BCUT2D eigenvalue weighted by molar-refractivity contribution is 6.10. The van der Waals surface area contributed by atoms with Crippen LogP contribution in [0.1, 0.15) is 16.1 Å². The number of rotatable bonds is 4. The highest BCUT2D eigenvalue weighted by Crippen LogP contribution is 2.27. The number of carbonyl (C=O) groups is 1. The molecule has 23 heavy (non-hydrogen) atoms. The van der Waals surface area contributed by atoms with Crippen LogP contribution in [-0.4, -0.2) is 15.7 Å². The Bertz CT molecular complexity index is 902. The summed E-state index contributed by atoms with van der Waals surface area (Å²) in [5, 5.41) is 10.8. The van der Waals surface area contributed by atoms with Gasteiger partial charge in [-0.1, -0.05) is 12.1 Å². The molecule has 0 spiro atoms. The minimum absolute atomic E-state index is 0.0508. The number of nitrogens with zero attached hydrogens (tertiary/aromatic N) is 2. The highest BCUT2D eigenvalue weighted by Gasteiger charge is 2.17. The van der Waals surface area contributed by atoms with Crippen molar-refractivity contribution in [2.45, 2.75) is 0 Å². The van der Waals surface area contributed by atoms with E-state index in [0.717, 1.165) is 0 Å². The number of nitrogens with two attached hydrogens (primary N) is 1. The third kappa shape index (κ3) is 2.80. The van der Waals surface area contributed by atoms with E-state index in [4.69, 9.17) is 10.2 Å². The zero-order chi connectivity index (χ0) is 16.4. The molecule has 0 fully saturated rings. The van der Waals surface area contributed by atoms with Crippen molar-refractivity contribution in [2.24, 2.45) is 0 Å². The van der Waals surface area contributed by atoms with Crippen LogP contribution in [0.25, 0.3) is 11.3 Å². The van der Waals surface area contributed by atoms with Gasteiger partial charge in [0.2, 0.25) is 5.78 Å². The van der Waals surface area contributed by atoms with E-state index in [1.165, 1.54) is 36.7 Å². The summed E-state index contributed by atoms with van der Waals surface area (Å²) < 4.78 is 5.53. The van der Waals surface area contributed by atoms with Crippen LogP contribution >= 0.6 is 0 Å². The van der Waals surface area contributed by atoms with Crippen molar-refractivity contribution in [1.82, 2.24) is 4.98 Å². The Morgan fingerprint density at radius 3 is 2.78 bits per heavy atom. The minimum Gasteiger partial charge on any atom is -0.453 e. The molecule has 2 N–H and O–H groups in total. The standard InChI is InChI=1S/C16H11N3O4/c17-13-9-18-7-6-12(13)16(20)15-5-4-14(23-15)10-2-1-3-11(8-10)19(21)22/h1-9H,17H2. The molecular formula is C16H11N3O4. The van der Waals surface area contributed by atoms with Crippen molar-refractivity contribution < 1.29 is 14.1 Å². The van der Waals surface area contributed by atoms with E-state index in [1.54, 1.807) is 18.2 Å². The van der Waals surface area contributed by atoms with Gasteiger partial charge in [0.15, 0.2) is 5.76 Å². The van der Waals surface area contributed by atoms with Crippen LogP contribution < -0.4 is 5.73 Å². The Labute approximate surface area is 130 Å². The van der Waals surface area contributed by atoms with Crippen LogP contribution in [0.15, 0.2) is 59.3 Å². The molecular weight excluding hydrogens is 298 g/mol. The largest absolute Gasteiger partial charge is 0.453 e. The lowest BCUT2D eigenvalue weighted by Crippen LogP contribution is -2.04. The average Bonchev–Trinajstić information content (AvgIpc) is 3.05. The average molecular weight is 309 g/mol. The molecule has 0 aliphatic carbocycles. The van der Waals surface area contributed by atoms with Crippen LogP contribution in [0.2, 0.25) is 0 Å². The third-order valence-electron chi connectivity index (χ3n) is 3.27. The van der Waals surface area contributed by atoms with Gasteiger partial charge in [-0.05, 0) is 18.2 Å². The van der Waals surface area contributed by atoms with Gasteiger partial charge in [-0.15, -0.1) is 0 Å². The summed E-state index contributed by atoms with van der Waals surface area (Å²) in [4.78, 5) is 26.5.